The highest BCUT2D eigenvalue weighted by molar-refractivity contribution is 6.30. The summed E-state index contributed by atoms with van der Waals surface area (Å²) in [5.41, 5.74) is 1.11. The lowest BCUT2D eigenvalue weighted by Crippen LogP contribution is -2.51. The number of carbonyl (C=O) groups excluding carboxylic acids is 3. The van der Waals surface area contributed by atoms with Gasteiger partial charge in [0, 0.05) is 68.9 Å². The maximum absolute atomic E-state index is 13.5. The molecule has 9 nitrogen and oxygen atoms in total. The molecule has 4 amide bonds. The van der Waals surface area contributed by atoms with Crippen LogP contribution >= 0.6 is 11.6 Å². The van der Waals surface area contributed by atoms with Gasteiger partial charge in [-0.2, -0.15) is 0 Å². The van der Waals surface area contributed by atoms with Crippen LogP contribution in [0.25, 0.3) is 0 Å². The molecule has 3 aliphatic rings. The molecule has 1 unspecified atom stereocenters. The third kappa shape index (κ3) is 6.87. The minimum Gasteiger partial charge on any atom is -0.347 e. The summed E-state index contributed by atoms with van der Waals surface area (Å²) >= 11 is 6.18. The van der Waals surface area contributed by atoms with E-state index in [-0.39, 0.29) is 42.5 Å². The summed E-state index contributed by atoms with van der Waals surface area (Å²) in [6.45, 7) is 2.56. The standard InChI is InChI=1S/C28H33ClF2N6O3/c29-20-14-19(24(32-16-20)35-26(40)34-21-4-2-1-3-5-21)18-36-10-12-37(13-11-36)23(38)17-33-25(39)22-15-27(22)6-8-28(30,31)9-7-27/h1-5,14,16,22H,6-13,15,17-18H2,(H,33,39)(H2,32,34,35,40). The minimum absolute atomic E-state index is 0.0929. The second kappa shape index (κ2) is 11.7. The van der Waals surface area contributed by atoms with Crippen LogP contribution in [0, 0.1) is 11.3 Å². The molecule has 1 aliphatic heterocycles. The molecule has 1 aromatic heterocycles. The summed E-state index contributed by atoms with van der Waals surface area (Å²) < 4.78 is 27.0. The Balaban J connectivity index is 1.07. The minimum atomic E-state index is -2.62. The summed E-state index contributed by atoms with van der Waals surface area (Å²) in [6, 6.07) is 10.4. The van der Waals surface area contributed by atoms with E-state index < -0.39 is 12.0 Å². The molecular formula is C28H33ClF2N6O3. The number of para-hydroxylation sites is 1. The number of piperazine rings is 1. The van der Waals surface area contributed by atoms with Gasteiger partial charge in [-0.15, -0.1) is 0 Å². The van der Waals surface area contributed by atoms with Crippen molar-refractivity contribution in [2.24, 2.45) is 11.3 Å². The van der Waals surface area contributed by atoms with Crippen LogP contribution in [0.5, 0.6) is 0 Å². The zero-order valence-electron chi connectivity index (χ0n) is 22.1. The Hall–Kier alpha value is -3.31. The van der Waals surface area contributed by atoms with Gasteiger partial charge in [-0.3, -0.25) is 19.8 Å². The number of hydrogen-bond donors (Lipinski definition) is 3. The van der Waals surface area contributed by atoms with Crippen molar-refractivity contribution in [2.45, 2.75) is 44.6 Å². The van der Waals surface area contributed by atoms with E-state index in [1.165, 1.54) is 6.20 Å². The highest BCUT2D eigenvalue weighted by Crippen LogP contribution is 2.63. The maximum atomic E-state index is 13.5. The number of nitrogens with one attached hydrogen (secondary N) is 3. The smallest absolute Gasteiger partial charge is 0.324 e. The van der Waals surface area contributed by atoms with Gasteiger partial charge >= 0.3 is 6.03 Å². The number of pyridine rings is 1. The van der Waals surface area contributed by atoms with Gasteiger partial charge in [0.25, 0.3) is 0 Å². The number of carbonyl (C=O) groups is 3. The second-order valence-corrected chi connectivity index (χ2v) is 11.4. The molecule has 2 aliphatic carbocycles. The first kappa shape index (κ1) is 28.2. The molecule has 1 atom stereocenters. The molecule has 12 heteroatoms. The van der Waals surface area contributed by atoms with Crippen molar-refractivity contribution in [2.75, 3.05) is 43.4 Å². The molecule has 1 spiro atoms. The van der Waals surface area contributed by atoms with Gasteiger partial charge < -0.3 is 15.5 Å². The summed E-state index contributed by atoms with van der Waals surface area (Å²) in [7, 11) is 0. The lowest BCUT2D eigenvalue weighted by atomic mass is 9.82. The van der Waals surface area contributed by atoms with E-state index in [1.54, 1.807) is 23.1 Å². The molecule has 214 valence electrons. The number of benzene rings is 1. The predicted molar refractivity (Wildman–Crippen MR) is 147 cm³/mol. The van der Waals surface area contributed by atoms with Crippen molar-refractivity contribution in [3.8, 4) is 0 Å². The topological polar surface area (TPSA) is 107 Å². The Morgan fingerprint density at radius 2 is 1.70 bits per heavy atom. The summed E-state index contributed by atoms with van der Waals surface area (Å²) in [5.74, 6) is -2.86. The molecule has 3 N–H and O–H groups in total. The van der Waals surface area contributed by atoms with Crippen molar-refractivity contribution in [3.05, 3.63) is 53.2 Å². The second-order valence-electron chi connectivity index (χ2n) is 11.0. The SMILES string of the molecule is O=C(Nc1ccccc1)Nc1ncc(Cl)cc1CN1CCN(C(=O)CNC(=O)C2CC23CCC(F)(F)CC3)CC1. The summed E-state index contributed by atoms with van der Waals surface area (Å²) in [4.78, 5) is 46.0. The third-order valence-electron chi connectivity index (χ3n) is 8.21. The molecular weight excluding hydrogens is 542 g/mol. The number of hydrogen-bond acceptors (Lipinski definition) is 5. The van der Waals surface area contributed by atoms with E-state index in [2.05, 4.69) is 25.8 Å². The molecule has 0 radical (unpaired) electrons. The van der Waals surface area contributed by atoms with Crippen LogP contribution in [0.4, 0.5) is 25.1 Å². The first-order valence-corrected chi connectivity index (χ1v) is 13.9. The molecule has 2 aromatic rings. The van der Waals surface area contributed by atoms with Crippen molar-refractivity contribution >= 4 is 41.0 Å². The number of amides is 4. The predicted octanol–water partition coefficient (Wildman–Crippen LogP) is 4.36. The van der Waals surface area contributed by atoms with E-state index in [0.29, 0.717) is 68.5 Å². The van der Waals surface area contributed by atoms with Crippen LogP contribution in [-0.4, -0.2) is 71.3 Å². The third-order valence-corrected chi connectivity index (χ3v) is 8.42. The average Bonchev–Trinajstić information content (AvgIpc) is 3.65. The first-order chi connectivity index (χ1) is 19.1. The zero-order valence-corrected chi connectivity index (χ0v) is 22.9. The highest BCUT2D eigenvalue weighted by Gasteiger charge is 2.60. The number of urea groups is 1. The van der Waals surface area contributed by atoms with Gasteiger partial charge in [0.2, 0.25) is 17.7 Å². The van der Waals surface area contributed by atoms with Gasteiger partial charge in [0.15, 0.2) is 0 Å². The molecule has 5 rings (SSSR count). The average molecular weight is 575 g/mol. The van der Waals surface area contributed by atoms with E-state index in [4.69, 9.17) is 11.6 Å². The van der Waals surface area contributed by atoms with E-state index >= 15 is 0 Å². The van der Waals surface area contributed by atoms with Gasteiger partial charge in [-0.1, -0.05) is 29.8 Å². The molecule has 3 fully saturated rings. The van der Waals surface area contributed by atoms with Crippen LogP contribution in [0.15, 0.2) is 42.6 Å². The number of aromatic nitrogens is 1. The van der Waals surface area contributed by atoms with Crippen LogP contribution < -0.4 is 16.0 Å². The molecule has 2 saturated carbocycles. The Labute approximate surface area is 236 Å². The molecule has 2 heterocycles. The number of anilines is 2. The summed E-state index contributed by atoms with van der Waals surface area (Å²) in [5, 5.41) is 8.73. The van der Waals surface area contributed by atoms with Crippen LogP contribution in [0.1, 0.15) is 37.7 Å². The van der Waals surface area contributed by atoms with Gasteiger partial charge in [0.1, 0.15) is 5.82 Å². The lowest BCUT2D eigenvalue weighted by Gasteiger charge is -2.35. The fourth-order valence-electron chi connectivity index (χ4n) is 5.68. The van der Waals surface area contributed by atoms with Crippen molar-refractivity contribution in [3.63, 3.8) is 0 Å². The molecule has 40 heavy (non-hydrogen) atoms. The Morgan fingerprint density at radius 1 is 1.00 bits per heavy atom. The molecule has 1 saturated heterocycles. The lowest BCUT2D eigenvalue weighted by molar-refractivity contribution is -0.135. The van der Waals surface area contributed by atoms with Gasteiger partial charge in [-0.05, 0) is 42.9 Å². The van der Waals surface area contributed by atoms with Crippen molar-refractivity contribution < 1.29 is 23.2 Å². The number of rotatable bonds is 7. The van der Waals surface area contributed by atoms with Gasteiger partial charge in [-0.25, -0.2) is 18.6 Å². The fourth-order valence-corrected chi connectivity index (χ4v) is 5.86. The van der Waals surface area contributed by atoms with E-state index in [1.807, 2.05) is 18.2 Å². The van der Waals surface area contributed by atoms with Crippen LogP contribution in [0.2, 0.25) is 5.02 Å². The fraction of sp³-hybridized carbons (Fsp3) is 0.500. The monoisotopic (exact) mass is 574 g/mol. The largest absolute Gasteiger partial charge is 0.347 e. The quantitative estimate of drug-likeness (QED) is 0.456. The first-order valence-electron chi connectivity index (χ1n) is 13.6. The highest BCUT2D eigenvalue weighted by atomic mass is 35.5. The van der Waals surface area contributed by atoms with Crippen molar-refractivity contribution in [1.29, 1.82) is 0 Å². The summed E-state index contributed by atoms with van der Waals surface area (Å²) in [6.07, 6.45) is 2.51. The van der Waals surface area contributed by atoms with Crippen LogP contribution in [-0.2, 0) is 16.1 Å². The van der Waals surface area contributed by atoms with Gasteiger partial charge in [0.05, 0.1) is 11.6 Å². The maximum Gasteiger partial charge on any atom is 0.324 e. The Morgan fingerprint density at radius 3 is 2.40 bits per heavy atom. The van der Waals surface area contributed by atoms with E-state index in [0.717, 1.165) is 5.56 Å². The Kier molecular flexibility index (Phi) is 8.23. The Bertz CT molecular complexity index is 1250. The molecule has 1 aromatic carbocycles. The zero-order chi connectivity index (χ0) is 28.3. The molecule has 0 bridgehead atoms. The number of halogens is 3. The number of nitrogens with zero attached hydrogens (tertiary/aromatic N) is 3. The van der Waals surface area contributed by atoms with E-state index in [9.17, 15) is 23.2 Å². The normalized spacial score (nSPS) is 21.5. The van der Waals surface area contributed by atoms with Crippen LogP contribution in [0.3, 0.4) is 0 Å². The van der Waals surface area contributed by atoms with Crippen molar-refractivity contribution in [1.82, 2.24) is 20.1 Å². The number of alkyl halides is 2.